The van der Waals surface area contributed by atoms with Gasteiger partial charge in [0.05, 0.1) is 5.69 Å². The summed E-state index contributed by atoms with van der Waals surface area (Å²) in [5, 5.41) is 3.43. The van der Waals surface area contributed by atoms with Crippen LogP contribution in [0, 0.1) is 11.8 Å². The van der Waals surface area contributed by atoms with Crippen molar-refractivity contribution in [1.82, 2.24) is 10.3 Å². The van der Waals surface area contributed by atoms with Gasteiger partial charge in [0, 0.05) is 25.2 Å². The fraction of sp³-hybridized carbons (Fsp3) is 0.800. The number of nitrogens with one attached hydrogen (secondary N) is 1. The van der Waals surface area contributed by atoms with E-state index in [1.807, 2.05) is 0 Å². The maximum Gasteiger partial charge on any atom is 0.297 e. The van der Waals surface area contributed by atoms with Crippen molar-refractivity contribution in [2.24, 2.45) is 11.8 Å². The van der Waals surface area contributed by atoms with Crippen LogP contribution in [0.3, 0.4) is 0 Å². The number of hydrogen-bond donors (Lipinski definition) is 1. The van der Waals surface area contributed by atoms with E-state index in [-0.39, 0.29) is 5.54 Å². The molecule has 2 heterocycles. The van der Waals surface area contributed by atoms with Crippen LogP contribution in [0.25, 0.3) is 0 Å². The molecule has 2 unspecified atom stereocenters. The number of nitrogens with zero attached hydrogens (tertiary/aromatic N) is 2. The molecule has 4 heteroatoms. The Morgan fingerprint density at radius 2 is 2.11 bits per heavy atom. The van der Waals surface area contributed by atoms with Gasteiger partial charge in [-0.3, -0.25) is 0 Å². The number of oxazole rings is 1. The summed E-state index contributed by atoms with van der Waals surface area (Å²) < 4.78 is 5.63. The van der Waals surface area contributed by atoms with E-state index in [0.29, 0.717) is 5.92 Å². The molecule has 1 aliphatic rings. The average Bonchev–Trinajstić information content (AvgIpc) is 2.78. The number of piperidine rings is 1. The first-order valence-corrected chi connectivity index (χ1v) is 7.29. The van der Waals surface area contributed by atoms with E-state index in [0.717, 1.165) is 37.3 Å². The minimum Gasteiger partial charge on any atom is -0.432 e. The van der Waals surface area contributed by atoms with Crippen LogP contribution in [-0.2, 0) is 6.54 Å². The van der Waals surface area contributed by atoms with Crippen LogP contribution in [0.15, 0.2) is 10.7 Å². The van der Waals surface area contributed by atoms with Crippen molar-refractivity contribution in [1.29, 1.82) is 0 Å². The molecule has 1 aromatic rings. The molecule has 1 fully saturated rings. The van der Waals surface area contributed by atoms with Crippen LogP contribution in [0.1, 0.15) is 46.7 Å². The summed E-state index contributed by atoms with van der Waals surface area (Å²) in [5.74, 6) is 1.50. The van der Waals surface area contributed by atoms with E-state index in [1.54, 1.807) is 6.26 Å². The lowest BCUT2D eigenvalue weighted by Crippen LogP contribution is -2.38. The standard InChI is InChI=1S/C15H27N3O/c1-11-6-7-18(9-12(11)2)14-17-13(10-19-14)8-16-15(3,4)5/h10-12,16H,6-9H2,1-5H3. The minimum atomic E-state index is 0.105. The molecule has 1 saturated heterocycles. The van der Waals surface area contributed by atoms with Crippen LogP contribution in [0.4, 0.5) is 6.01 Å². The molecule has 1 aromatic heterocycles. The van der Waals surface area contributed by atoms with Crippen molar-refractivity contribution in [2.75, 3.05) is 18.0 Å². The molecule has 0 bridgehead atoms. The van der Waals surface area contributed by atoms with Crippen molar-refractivity contribution in [2.45, 2.75) is 53.1 Å². The summed E-state index contributed by atoms with van der Waals surface area (Å²) in [6, 6.07) is 0.782. The maximum absolute atomic E-state index is 5.63. The van der Waals surface area contributed by atoms with E-state index < -0.39 is 0 Å². The van der Waals surface area contributed by atoms with Crippen LogP contribution >= 0.6 is 0 Å². The first-order chi connectivity index (χ1) is 8.85. The normalized spacial score (nSPS) is 24.8. The highest BCUT2D eigenvalue weighted by atomic mass is 16.4. The summed E-state index contributed by atoms with van der Waals surface area (Å²) in [5.41, 5.74) is 1.09. The molecule has 108 valence electrons. The number of anilines is 1. The van der Waals surface area contributed by atoms with Crippen LogP contribution < -0.4 is 10.2 Å². The van der Waals surface area contributed by atoms with Gasteiger partial charge < -0.3 is 14.6 Å². The molecule has 2 atom stereocenters. The molecule has 0 saturated carbocycles. The van der Waals surface area contributed by atoms with E-state index in [9.17, 15) is 0 Å². The van der Waals surface area contributed by atoms with Crippen LogP contribution in [-0.4, -0.2) is 23.6 Å². The Morgan fingerprint density at radius 1 is 1.37 bits per heavy atom. The Morgan fingerprint density at radius 3 is 2.74 bits per heavy atom. The third-order valence-corrected chi connectivity index (χ3v) is 3.94. The second kappa shape index (κ2) is 5.53. The molecule has 2 rings (SSSR count). The fourth-order valence-corrected chi connectivity index (χ4v) is 2.32. The van der Waals surface area contributed by atoms with E-state index in [1.165, 1.54) is 6.42 Å². The van der Waals surface area contributed by atoms with Gasteiger partial charge in [-0.15, -0.1) is 0 Å². The zero-order chi connectivity index (χ0) is 14.0. The van der Waals surface area contributed by atoms with Gasteiger partial charge in [-0.1, -0.05) is 13.8 Å². The van der Waals surface area contributed by atoms with Gasteiger partial charge in [-0.05, 0) is 39.0 Å². The average molecular weight is 265 g/mol. The van der Waals surface area contributed by atoms with Crippen LogP contribution in [0.2, 0.25) is 0 Å². The van der Waals surface area contributed by atoms with Crippen molar-refractivity contribution in [3.8, 4) is 0 Å². The molecule has 1 aliphatic heterocycles. The van der Waals surface area contributed by atoms with Crippen molar-refractivity contribution in [3.05, 3.63) is 12.0 Å². The van der Waals surface area contributed by atoms with Crippen LogP contribution in [0.5, 0.6) is 0 Å². The summed E-state index contributed by atoms with van der Waals surface area (Å²) in [6.07, 6.45) is 3.00. The minimum absolute atomic E-state index is 0.105. The Kier molecular flexibility index (Phi) is 4.19. The topological polar surface area (TPSA) is 41.3 Å². The SMILES string of the molecule is CC1CCN(c2nc(CNC(C)(C)C)co2)CC1C. The lowest BCUT2D eigenvalue weighted by molar-refractivity contribution is 0.313. The number of aromatic nitrogens is 1. The van der Waals surface area contributed by atoms with Gasteiger partial charge in [-0.25, -0.2) is 0 Å². The Hall–Kier alpha value is -1.03. The molecule has 0 aromatic carbocycles. The van der Waals surface area contributed by atoms with Gasteiger partial charge in [-0.2, -0.15) is 4.98 Å². The summed E-state index contributed by atoms with van der Waals surface area (Å²) in [6.45, 7) is 14.0. The highest BCUT2D eigenvalue weighted by Crippen LogP contribution is 2.26. The predicted molar refractivity (Wildman–Crippen MR) is 78.3 cm³/mol. The molecular weight excluding hydrogens is 238 g/mol. The number of hydrogen-bond acceptors (Lipinski definition) is 4. The highest BCUT2D eigenvalue weighted by Gasteiger charge is 2.25. The third kappa shape index (κ3) is 3.96. The molecule has 0 amide bonds. The molecule has 0 aliphatic carbocycles. The van der Waals surface area contributed by atoms with Crippen molar-refractivity contribution < 1.29 is 4.42 Å². The second-order valence-corrected chi connectivity index (χ2v) is 6.91. The molecule has 0 radical (unpaired) electrons. The first kappa shape index (κ1) is 14.4. The van der Waals surface area contributed by atoms with Crippen molar-refractivity contribution in [3.63, 3.8) is 0 Å². The first-order valence-electron chi connectivity index (χ1n) is 7.29. The van der Waals surface area contributed by atoms with Gasteiger partial charge in [0.1, 0.15) is 6.26 Å². The summed E-state index contributed by atoms with van der Waals surface area (Å²) >= 11 is 0. The second-order valence-electron chi connectivity index (χ2n) is 6.91. The molecule has 0 spiro atoms. The van der Waals surface area contributed by atoms with Gasteiger partial charge in [0.2, 0.25) is 0 Å². The number of rotatable bonds is 3. The van der Waals surface area contributed by atoms with E-state index >= 15 is 0 Å². The molecule has 1 N–H and O–H groups in total. The Labute approximate surface area is 116 Å². The zero-order valence-corrected chi connectivity index (χ0v) is 12.9. The lowest BCUT2D eigenvalue weighted by atomic mass is 9.89. The Balaban J connectivity index is 1.93. The largest absolute Gasteiger partial charge is 0.432 e. The maximum atomic E-state index is 5.63. The summed E-state index contributed by atoms with van der Waals surface area (Å²) in [4.78, 5) is 6.86. The van der Waals surface area contributed by atoms with Gasteiger partial charge >= 0.3 is 0 Å². The Bertz CT molecular complexity index is 408. The van der Waals surface area contributed by atoms with Gasteiger partial charge in [0.15, 0.2) is 0 Å². The monoisotopic (exact) mass is 265 g/mol. The summed E-state index contributed by atoms with van der Waals surface area (Å²) in [7, 11) is 0. The smallest absolute Gasteiger partial charge is 0.297 e. The lowest BCUT2D eigenvalue weighted by Gasteiger charge is -2.34. The molecular formula is C15H27N3O. The van der Waals surface area contributed by atoms with Crippen molar-refractivity contribution >= 4 is 6.01 Å². The molecule has 4 nitrogen and oxygen atoms in total. The quantitative estimate of drug-likeness (QED) is 0.912. The molecule has 19 heavy (non-hydrogen) atoms. The van der Waals surface area contributed by atoms with E-state index in [4.69, 9.17) is 4.42 Å². The van der Waals surface area contributed by atoms with E-state index in [2.05, 4.69) is 49.8 Å². The third-order valence-electron chi connectivity index (χ3n) is 3.94. The van der Waals surface area contributed by atoms with Gasteiger partial charge in [0.25, 0.3) is 6.01 Å². The predicted octanol–water partition coefficient (Wildman–Crippen LogP) is 3.05. The highest BCUT2D eigenvalue weighted by molar-refractivity contribution is 5.28. The zero-order valence-electron chi connectivity index (χ0n) is 12.9. The fourth-order valence-electron chi connectivity index (χ4n) is 2.32.